The average Bonchev–Trinajstić information content (AvgIpc) is 2.89. The zero-order valence-electron chi connectivity index (χ0n) is 21.0. The van der Waals surface area contributed by atoms with Crippen LogP contribution in [-0.4, -0.2) is 62.9 Å². The second-order valence-corrected chi connectivity index (χ2v) is 10.8. The molecule has 4 rings (SSSR count). The normalized spacial score (nSPS) is 13.7. The molecule has 14 heteroatoms. The molecule has 0 unspecified atom stereocenters. The molecule has 214 valence electrons. The third-order valence-corrected chi connectivity index (χ3v) is 7.51. The highest BCUT2D eigenvalue weighted by Gasteiger charge is 2.38. The van der Waals surface area contributed by atoms with Gasteiger partial charge in [-0.15, -0.1) is 0 Å². The minimum atomic E-state index is -5.08. The van der Waals surface area contributed by atoms with Gasteiger partial charge < -0.3 is 20.0 Å². The van der Waals surface area contributed by atoms with Gasteiger partial charge in [-0.2, -0.15) is 13.2 Å². The number of carboxylic acid groups (broad SMARTS) is 2. The summed E-state index contributed by atoms with van der Waals surface area (Å²) in [5, 5.41) is 17.2. The van der Waals surface area contributed by atoms with Crippen molar-refractivity contribution in [1.29, 1.82) is 0 Å². The molecule has 0 saturated carbocycles. The molecule has 3 aromatic carbocycles. The number of benzene rings is 3. The zero-order chi connectivity index (χ0) is 29.7. The van der Waals surface area contributed by atoms with Crippen molar-refractivity contribution in [2.24, 2.45) is 0 Å². The highest BCUT2D eigenvalue weighted by molar-refractivity contribution is 7.92. The topological polar surface area (TPSA) is 127 Å². The molecule has 1 heterocycles. The summed E-state index contributed by atoms with van der Waals surface area (Å²) in [4.78, 5) is 24.8. The number of carboxylic acids is 2. The lowest BCUT2D eigenvalue weighted by Gasteiger charge is -2.38. The van der Waals surface area contributed by atoms with Crippen molar-refractivity contribution in [1.82, 2.24) is 0 Å². The fourth-order valence-corrected chi connectivity index (χ4v) is 5.00. The number of aliphatic carboxylic acids is 1. The summed E-state index contributed by atoms with van der Waals surface area (Å²) >= 11 is 5.99. The standard InChI is InChI=1S/C24H24ClN3O4S.C2HF3O2/c1-17-2-9-21(10-3-17)33(31,32)26-22-16-18(24(29)30)4-11-23(22)28-14-12-27(13-15-28)20-7-5-19(25)6-8-20;3-2(4,5)1(6)7/h2-11,16,26H,12-15H2,1H3,(H,29,30);(H,6,7). The zero-order valence-corrected chi connectivity index (χ0v) is 22.6. The Morgan fingerprint density at radius 3 is 1.90 bits per heavy atom. The first-order valence-electron chi connectivity index (χ1n) is 11.7. The number of sulfonamides is 1. The number of nitrogens with one attached hydrogen (secondary N) is 1. The molecule has 0 aromatic heterocycles. The van der Waals surface area contributed by atoms with Crippen LogP contribution in [0, 0.1) is 6.92 Å². The summed E-state index contributed by atoms with van der Waals surface area (Å²) in [5.74, 6) is -3.88. The Hall–Kier alpha value is -3.97. The first-order valence-corrected chi connectivity index (χ1v) is 13.6. The van der Waals surface area contributed by atoms with Gasteiger partial charge in [0.15, 0.2) is 0 Å². The molecule has 0 spiro atoms. The molecule has 1 aliphatic heterocycles. The quantitative estimate of drug-likeness (QED) is 0.357. The van der Waals surface area contributed by atoms with E-state index in [-0.39, 0.29) is 16.1 Å². The van der Waals surface area contributed by atoms with Crippen molar-refractivity contribution in [3.05, 3.63) is 82.9 Å². The average molecular weight is 600 g/mol. The second-order valence-electron chi connectivity index (χ2n) is 8.71. The number of rotatable bonds is 6. The number of carbonyl (C=O) groups is 2. The summed E-state index contributed by atoms with van der Waals surface area (Å²) in [6.45, 7) is 4.63. The number of anilines is 3. The van der Waals surface area contributed by atoms with E-state index >= 15 is 0 Å². The molecule has 9 nitrogen and oxygen atoms in total. The van der Waals surface area contributed by atoms with Crippen LogP contribution in [0.4, 0.5) is 30.2 Å². The maximum atomic E-state index is 13.0. The summed E-state index contributed by atoms with van der Waals surface area (Å²) in [5.41, 5.74) is 2.92. The van der Waals surface area contributed by atoms with Crippen LogP contribution in [0.5, 0.6) is 0 Å². The van der Waals surface area contributed by atoms with E-state index in [2.05, 4.69) is 14.5 Å². The van der Waals surface area contributed by atoms with Gasteiger partial charge in [0, 0.05) is 36.9 Å². The predicted octanol–water partition coefficient (Wildman–Crippen LogP) is 5.11. The van der Waals surface area contributed by atoms with Crippen LogP contribution in [0.2, 0.25) is 5.02 Å². The van der Waals surface area contributed by atoms with E-state index in [0.29, 0.717) is 23.8 Å². The molecule has 1 fully saturated rings. The van der Waals surface area contributed by atoms with E-state index in [4.69, 9.17) is 21.5 Å². The van der Waals surface area contributed by atoms with Crippen LogP contribution < -0.4 is 14.5 Å². The van der Waals surface area contributed by atoms with E-state index < -0.39 is 28.1 Å². The number of hydrogen-bond acceptors (Lipinski definition) is 6. The van der Waals surface area contributed by atoms with Crippen LogP contribution in [0.15, 0.2) is 71.6 Å². The molecular formula is C26H25ClF3N3O6S. The van der Waals surface area contributed by atoms with Gasteiger partial charge in [-0.3, -0.25) is 4.72 Å². The number of aromatic carboxylic acids is 1. The first-order chi connectivity index (χ1) is 18.7. The molecule has 1 aliphatic rings. The van der Waals surface area contributed by atoms with Gasteiger partial charge in [-0.1, -0.05) is 29.3 Å². The molecule has 3 N–H and O–H groups in total. The van der Waals surface area contributed by atoms with Crippen molar-refractivity contribution in [2.75, 3.05) is 40.7 Å². The second kappa shape index (κ2) is 12.5. The van der Waals surface area contributed by atoms with Gasteiger partial charge in [0.2, 0.25) is 0 Å². The SMILES string of the molecule is Cc1ccc(S(=O)(=O)Nc2cc(C(=O)O)ccc2N2CCN(c3ccc(Cl)cc3)CC2)cc1.O=C(O)C(F)(F)F. The number of halogens is 4. The highest BCUT2D eigenvalue weighted by atomic mass is 35.5. The maximum absolute atomic E-state index is 13.0. The lowest BCUT2D eigenvalue weighted by atomic mass is 10.1. The smallest absolute Gasteiger partial charge is 0.478 e. The number of alkyl halides is 3. The lowest BCUT2D eigenvalue weighted by Crippen LogP contribution is -2.46. The first kappa shape index (κ1) is 30.6. The minimum absolute atomic E-state index is 0.0140. The number of aryl methyl sites for hydroxylation is 1. The van der Waals surface area contributed by atoms with Gasteiger partial charge in [-0.05, 0) is 61.5 Å². The summed E-state index contributed by atoms with van der Waals surface area (Å²) < 4.78 is 60.3. The van der Waals surface area contributed by atoms with Crippen LogP contribution in [0.3, 0.4) is 0 Å². The lowest BCUT2D eigenvalue weighted by molar-refractivity contribution is -0.192. The number of hydrogen-bond donors (Lipinski definition) is 3. The van der Waals surface area contributed by atoms with Gasteiger partial charge in [-0.25, -0.2) is 18.0 Å². The molecule has 0 amide bonds. The van der Waals surface area contributed by atoms with Gasteiger partial charge in [0.25, 0.3) is 10.0 Å². The molecule has 3 aromatic rings. The van der Waals surface area contributed by atoms with Crippen molar-refractivity contribution in [2.45, 2.75) is 18.0 Å². The Morgan fingerprint density at radius 1 is 0.875 bits per heavy atom. The van der Waals surface area contributed by atoms with Crippen LogP contribution in [0.1, 0.15) is 15.9 Å². The third kappa shape index (κ3) is 8.02. The molecular weight excluding hydrogens is 575 g/mol. The van der Waals surface area contributed by atoms with E-state index in [1.54, 1.807) is 18.2 Å². The van der Waals surface area contributed by atoms with Gasteiger partial charge >= 0.3 is 18.1 Å². The Kier molecular flexibility index (Phi) is 9.53. The Bertz CT molecular complexity index is 1460. The van der Waals surface area contributed by atoms with Crippen LogP contribution >= 0.6 is 11.6 Å². The maximum Gasteiger partial charge on any atom is 0.490 e. The van der Waals surface area contributed by atoms with E-state index in [9.17, 15) is 31.5 Å². The molecule has 1 saturated heterocycles. The van der Waals surface area contributed by atoms with Crippen molar-refractivity contribution in [3.63, 3.8) is 0 Å². The highest BCUT2D eigenvalue weighted by Crippen LogP contribution is 2.31. The molecule has 0 bridgehead atoms. The van der Waals surface area contributed by atoms with Crippen LogP contribution in [-0.2, 0) is 14.8 Å². The summed E-state index contributed by atoms with van der Waals surface area (Å²) in [6.07, 6.45) is -5.08. The van der Waals surface area contributed by atoms with Gasteiger partial charge in [0.05, 0.1) is 21.8 Å². The van der Waals surface area contributed by atoms with Crippen molar-refractivity contribution < 1.29 is 41.4 Å². The largest absolute Gasteiger partial charge is 0.490 e. The Morgan fingerprint density at radius 2 is 1.40 bits per heavy atom. The Labute approximate surface area is 233 Å². The summed E-state index contributed by atoms with van der Waals surface area (Å²) in [6, 6.07) is 18.7. The monoisotopic (exact) mass is 599 g/mol. The summed E-state index contributed by atoms with van der Waals surface area (Å²) in [7, 11) is -3.88. The van der Waals surface area contributed by atoms with Gasteiger partial charge in [0.1, 0.15) is 0 Å². The van der Waals surface area contributed by atoms with Crippen LogP contribution in [0.25, 0.3) is 0 Å². The fourth-order valence-electron chi connectivity index (χ4n) is 3.81. The van der Waals surface area contributed by atoms with Crippen molar-refractivity contribution in [3.8, 4) is 0 Å². The minimum Gasteiger partial charge on any atom is -0.478 e. The molecule has 0 atom stereocenters. The number of piperazine rings is 1. The van der Waals surface area contributed by atoms with E-state index in [1.165, 1.54) is 24.3 Å². The predicted molar refractivity (Wildman–Crippen MR) is 145 cm³/mol. The Balaban J connectivity index is 0.000000559. The third-order valence-electron chi connectivity index (χ3n) is 5.87. The molecule has 0 aliphatic carbocycles. The molecule has 40 heavy (non-hydrogen) atoms. The van der Waals surface area contributed by atoms with E-state index in [0.717, 1.165) is 24.3 Å². The van der Waals surface area contributed by atoms with E-state index in [1.807, 2.05) is 31.2 Å². The van der Waals surface area contributed by atoms with Crippen molar-refractivity contribution >= 4 is 50.6 Å². The molecule has 0 radical (unpaired) electrons. The fraction of sp³-hybridized carbons (Fsp3) is 0.231. The number of nitrogens with zero attached hydrogens (tertiary/aromatic N) is 2.